The van der Waals surface area contributed by atoms with E-state index in [1.54, 1.807) is 0 Å². The maximum atomic E-state index is 8.44. The third-order valence-electron chi connectivity index (χ3n) is 19.2. The van der Waals surface area contributed by atoms with Crippen LogP contribution in [0.3, 0.4) is 0 Å². The molecule has 0 amide bonds. The van der Waals surface area contributed by atoms with Gasteiger partial charge in [-0.05, 0) is 465 Å². The zero-order chi connectivity index (χ0) is 85.9. The fourth-order valence-corrected chi connectivity index (χ4v) is 31.9. The molecule has 18 rings (SSSR count). The molecule has 0 radical (unpaired) electrons. The smallest absolute Gasteiger partial charge is 0.260 e. The fourth-order valence-electron chi connectivity index (χ4n) is 13.8. The molecule has 0 atom stereocenters. The van der Waals surface area contributed by atoms with E-state index in [9.17, 15) is 0 Å². The third kappa shape index (κ3) is 23.1. The van der Waals surface area contributed by atoms with E-state index in [4.69, 9.17) is 12.6 Å². The molecule has 0 saturated heterocycles. The van der Waals surface area contributed by atoms with E-state index in [0.717, 1.165) is 67.9 Å². The molecule has 0 fully saturated rings. The fraction of sp³-hybridized carbons (Fsp3) is 0.247. The monoisotopic (exact) mass is 3400 g/mol. The van der Waals surface area contributed by atoms with Gasteiger partial charge in [-0.15, -0.1) is 12.6 Å². The Kier molecular flexibility index (Phi) is 35.1. The second-order valence-electron chi connectivity index (χ2n) is 31.2. The minimum Gasteiger partial charge on any atom is -0.260 e. The van der Waals surface area contributed by atoms with Crippen LogP contribution in [0.4, 0.5) is 45.5 Å². The van der Waals surface area contributed by atoms with Gasteiger partial charge in [-0.3, -0.25) is 39.9 Å². The van der Waals surface area contributed by atoms with Crippen LogP contribution in [-0.2, 0) is 48.5 Å². The first-order valence-electron chi connectivity index (χ1n) is 34.8. The number of hydrogen-bond donors (Lipinski definition) is 0. The second-order valence-corrected chi connectivity index (χ2v) is 51.7. The summed E-state index contributed by atoms with van der Waals surface area (Å²) in [5.74, 6) is 0. The Bertz CT molecular complexity index is 5690. The lowest BCUT2D eigenvalue weighted by atomic mass is 9.84. The van der Waals surface area contributed by atoms with Crippen LogP contribution in [0.5, 0.6) is 0 Å². The van der Waals surface area contributed by atoms with Crippen molar-refractivity contribution in [1.82, 2.24) is 0 Å². The predicted molar refractivity (Wildman–Crippen MR) is 623 cm³/mol. The first-order chi connectivity index (χ1) is 53.8. The van der Waals surface area contributed by atoms with Gasteiger partial charge in [0, 0.05) is 211 Å². The maximum absolute atomic E-state index is 8.44. The molecule has 116 heavy (non-hydrogen) atoms. The molecule has 0 bridgehead atoms. The summed E-state index contributed by atoms with van der Waals surface area (Å²) in [6.07, 6.45) is 16.1. The number of nitrogens with zero attached hydrogens (tertiary/aromatic N) is 8. The molecule has 8 aliphatic rings. The van der Waals surface area contributed by atoms with Crippen LogP contribution in [-0.4, -0.2) is 62.3 Å². The summed E-state index contributed by atoms with van der Waals surface area (Å²) in [5, 5.41) is 5.34. The van der Waals surface area contributed by atoms with Gasteiger partial charge in [0.2, 0.25) is 0 Å². The van der Waals surface area contributed by atoms with Gasteiger partial charge in [0.25, 0.3) is 0 Å². The molecule has 0 spiro atoms. The summed E-state index contributed by atoms with van der Waals surface area (Å²) < 4.78 is 48.8. The molecule has 0 unspecified atom stereocenters. The quantitative estimate of drug-likeness (QED) is 0.110. The largest absolute Gasteiger partial charge is 0.425 e. The van der Waals surface area contributed by atoms with Gasteiger partial charge in [0.1, 0.15) is 0 Å². The predicted octanol–water partition coefficient (Wildman–Crippen LogP) is 34.2. The highest BCUT2D eigenvalue weighted by Crippen LogP contribution is 2.51. The minimum absolute atomic E-state index is 0.0113. The van der Waals surface area contributed by atoms with E-state index in [1.165, 1.54) is 117 Å². The molecule has 0 aliphatic carbocycles. The van der Waals surface area contributed by atoms with E-state index >= 15 is 0 Å². The van der Waals surface area contributed by atoms with Crippen LogP contribution in [0.25, 0.3) is 21.5 Å². The van der Waals surface area contributed by atoms with Crippen molar-refractivity contribution >= 4 is 517 Å². The molecule has 0 N–H and O–H groups in total. The van der Waals surface area contributed by atoms with Crippen LogP contribution >= 0.6 is 389 Å². The maximum Gasteiger partial charge on any atom is 0.425 e. The highest BCUT2D eigenvalue weighted by atomic mass is 127. The standard InChI is InChI=1S/C14H11I2N.C11H5I2N.C10H8Br3N.C10H9Br2N.C10H8BrI2N.C10H8I3N.2C10H9I2N.O3S/c1-14(2)7-17-12-4-3-9-10(13(12)14)5-8(15)6-11(9)16;12-7-2-1-6-5-14-9-4-3-8(13)11(7)10(6)9;1-10(2)4-14-6-3-5(11)8(12)9(13)7(6)10;1-10(2)5-13-8-4-6(11)3-7(12)9(8)10;1-10(2)4-14-6-3-5(12)8(11)9(13)7(6)10;1-10(2)4-14-6-3-5(11)8(12)9(13)7(6)10;2*1-10(2)5-13-8-4-6(11)3-7(12)9(8)10;1-4(2)3/h3-7H,1-2H3;1-5H;3-4H,1-2H3;3-5H,1-2H3;2*3-4H,1-2H3;2*3-5H,1-2H3;. The lowest BCUT2D eigenvalue weighted by molar-refractivity contribution is 0.559. The number of hydrogen-bond acceptors (Lipinski definition) is 11. The van der Waals surface area contributed by atoms with E-state index in [1.807, 2.05) is 55.6 Å². The van der Waals surface area contributed by atoms with Crippen LogP contribution in [0.1, 0.15) is 141 Å². The molecule has 0 saturated carbocycles. The summed E-state index contributed by atoms with van der Waals surface area (Å²) in [6, 6.07) is 36.5. The summed E-state index contributed by atoms with van der Waals surface area (Å²) in [5.41, 5.74) is 19.9. The van der Waals surface area contributed by atoms with Gasteiger partial charge in [-0.25, -0.2) is 0 Å². The highest BCUT2D eigenvalue weighted by molar-refractivity contribution is 14.1. The van der Waals surface area contributed by atoms with Crippen molar-refractivity contribution in [2.75, 3.05) is 0 Å². The SMILES string of the molecule is CC1(C)C=Nc2cc(Br)c(Br)c(Br)c21.CC1(C)C=Nc2cc(Br)cc(Br)c21.CC1(C)C=Nc2cc(I)c(Br)c(I)c21.CC1(C)C=Nc2cc(I)c(I)c(I)c21.CC1(C)C=Nc2cc(I)cc(I)c21.CC1(C)C=Nc2cc(I)cc(I)c21.CC1(C)C=Nc2ccc3c(I)cc(I)cc3c21.Ic1ccc2c3c(ccc(I)c13)N=C2.O=S(=O)=O. The molecular weight excluding hydrogens is 3340 g/mol. The molecule has 8 heterocycles. The van der Waals surface area contributed by atoms with Gasteiger partial charge >= 0.3 is 10.6 Å². The Balaban J connectivity index is 0.000000139. The molecular formula is C85H67Br6I13N8O3S. The number of aliphatic imine (C=N–C) groups is 8. The lowest BCUT2D eigenvalue weighted by Crippen LogP contribution is -2.17. The van der Waals surface area contributed by atoms with E-state index in [2.05, 4.69) is 623 Å². The van der Waals surface area contributed by atoms with Gasteiger partial charge in [0.05, 0.1) is 45.5 Å². The number of benzene rings is 10. The summed E-state index contributed by atoms with van der Waals surface area (Å²) in [4.78, 5) is 35.5. The van der Waals surface area contributed by atoms with Crippen molar-refractivity contribution in [3.05, 3.63) is 221 Å². The van der Waals surface area contributed by atoms with Gasteiger partial charge in [-0.2, -0.15) is 0 Å². The van der Waals surface area contributed by atoms with Crippen LogP contribution in [0, 0.1) is 46.4 Å². The molecule has 10 aromatic carbocycles. The zero-order valence-electron chi connectivity index (χ0n) is 63.8. The Morgan fingerprint density at radius 3 is 1.15 bits per heavy atom. The van der Waals surface area contributed by atoms with Gasteiger partial charge in [-0.1, -0.05) is 141 Å². The van der Waals surface area contributed by atoms with E-state index in [0.29, 0.717) is 0 Å². The molecule has 11 nitrogen and oxygen atoms in total. The normalized spacial score (nSPS) is 16.3. The molecule has 0 aromatic heterocycles. The lowest BCUT2D eigenvalue weighted by Gasteiger charge is -2.19. The Morgan fingerprint density at radius 2 is 0.647 bits per heavy atom. The molecule has 31 heteroatoms. The van der Waals surface area contributed by atoms with E-state index in [-0.39, 0.29) is 37.9 Å². The van der Waals surface area contributed by atoms with Gasteiger partial charge in [0.15, 0.2) is 0 Å². The topological polar surface area (TPSA) is 150 Å². The molecule has 604 valence electrons. The number of fused-ring (bicyclic) bond motifs is 9. The summed E-state index contributed by atoms with van der Waals surface area (Å²) in [6.45, 7) is 30.8. The minimum atomic E-state index is -3.11. The first kappa shape index (κ1) is 100. The van der Waals surface area contributed by atoms with Crippen molar-refractivity contribution in [3.8, 4) is 0 Å². The Hall–Kier alpha value is 2.07. The van der Waals surface area contributed by atoms with Crippen LogP contribution in [0.15, 0.2) is 170 Å². The molecule has 10 aromatic rings. The Morgan fingerprint density at radius 1 is 0.267 bits per heavy atom. The highest BCUT2D eigenvalue weighted by Gasteiger charge is 2.36. The average Bonchev–Trinajstić information content (AvgIpc) is 1.40. The van der Waals surface area contributed by atoms with E-state index < -0.39 is 10.6 Å². The van der Waals surface area contributed by atoms with Crippen molar-refractivity contribution in [3.63, 3.8) is 0 Å². The summed E-state index contributed by atoms with van der Waals surface area (Å²) in [7, 11) is -3.11. The van der Waals surface area contributed by atoms with Crippen LogP contribution in [0.2, 0.25) is 0 Å². The van der Waals surface area contributed by atoms with Crippen molar-refractivity contribution in [2.45, 2.75) is 135 Å². The number of halogens is 19. The van der Waals surface area contributed by atoms with Crippen molar-refractivity contribution < 1.29 is 12.6 Å². The third-order valence-corrected chi connectivity index (χ3v) is 39.2. The Labute approximate surface area is 907 Å². The second kappa shape index (κ2) is 40.6. The average molecular weight is 3410 g/mol. The zero-order valence-corrected chi connectivity index (χ0v) is 102. The van der Waals surface area contributed by atoms with Crippen LogP contribution < -0.4 is 0 Å². The van der Waals surface area contributed by atoms with Gasteiger partial charge < -0.3 is 0 Å². The van der Waals surface area contributed by atoms with Crippen molar-refractivity contribution in [1.29, 1.82) is 0 Å². The number of rotatable bonds is 0. The summed E-state index contributed by atoms with van der Waals surface area (Å²) >= 11 is 52.2. The van der Waals surface area contributed by atoms with Crippen molar-refractivity contribution in [2.24, 2.45) is 39.9 Å². The first-order valence-corrected chi connectivity index (χ1v) is 54.6. The molecule has 8 aliphatic heterocycles.